The SMILES string of the molecule is CCC1CCN(CCC(=O)c2ccccc2Br)C1. The first kappa shape index (κ1) is 13.8. The maximum atomic E-state index is 12.1. The molecule has 1 saturated heterocycles. The summed E-state index contributed by atoms with van der Waals surface area (Å²) in [7, 11) is 0. The van der Waals surface area contributed by atoms with E-state index in [1.54, 1.807) is 0 Å². The lowest BCUT2D eigenvalue weighted by Crippen LogP contribution is -2.24. The van der Waals surface area contributed by atoms with E-state index in [4.69, 9.17) is 0 Å². The Labute approximate surface area is 117 Å². The van der Waals surface area contributed by atoms with Gasteiger partial charge in [0.1, 0.15) is 0 Å². The van der Waals surface area contributed by atoms with Crippen molar-refractivity contribution in [1.29, 1.82) is 0 Å². The van der Waals surface area contributed by atoms with Crippen LogP contribution in [0.15, 0.2) is 28.7 Å². The molecular weight excluding hydrogens is 290 g/mol. The first-order valence-corrected chi connectivity index (χ1v) is 7.50. The van der Waals surface area contributed by atoms with E-state index >= 15 is 0 Å². The lowest BCUT2D eigenvalue weighted by Gasteiger charge is -2.15. The van der Waals surface area contributed by atoms with Crippen molar-refractivity contribution in [2.75, 3.05) is 19.6 Å². The lowest BCUT2D eigenvalue weighted by molar-refractivity contribution is 0.0967. The van der Waals surface area contributed by atoms with Crippen LogP contribution in [-0.4, -0.2) is 30.3 Å². The van der Waals surface area contributed by atoms with E-state index in [1.807, 2.05) is 24.3 Å². The molecule has 1 fully saturated rings. The third-order valence-corrected chi connectivity index (χ3v) is 4.47. The average molecular weight is 310 g/mol. The van der Waals surface area contributed by atoms with Gasteiger partial charge in [0.2, 0.25) is 0 Å². The number of hydrogen-bond acceptors (Lipinski definition) is 2. The van der Waals surface area contributed by atoms with Crippen LogP contribution in [0.3, 0.4) is 0 Å². The number of nitrogens with zero attached hydrogens (tertiary/aromatic N) is 1. The number of likely N-dealkylation sites (tertiary alicyclic amines) is 1. The number of halogens is 1. The minimum atomic E-state index is 0.238. The van der Waals surface area contributed by atoms with Gasteiger partial charge in [-0.2, -0.15) is 0 Å². The summed E-state index contributed by atoms with van der Waals surface area (Å²) in [6.45, 7) is 5.47. The summed E-state index contributed by atoms with van der Waals surface area (Å²) in [5, 5.41) is 0. The Bertz CT molecular complexity index is 419. The first-order chi connectivity index (χ1) is 8.70. The third kappa shape index (κ3) is 3.42. The molecule has 1 aromatic carbocycles. The Hall–Kier alpha value is -0.670. The highest BCUT2D eigenvalue weighted by molar-refractivity contribution is 9.10. The maximum Gasteiger partial charge on any atom is 0.165 e. The van der Waals surface area contributed by atoms with Crippen LogP contribution >= 0.6 is 15.9 Å². The molecule has 1 aromatic rings. The highest BCUT2D eigenvalue weighted by Crippen LogP contribution is 2.21. The molecule has 0 aliphatic carbocycles. The molecule has 98 valence electrons. The molecule has 0 aromatic heterocycles. The van der Waals surface area contributed by atoms with Crippen molar-refractivity contribution in [2.45, 2.75) is 26.2 Å². The molecular formula is C15H20BrNO. The summed E-state index contributed by atoms with van der Waals surface area (Å²) in [5.74, 6) is 1.07. The van der Waals surface area contributed by atoms with E-state index in [9.17, 15) is 4.79 Å². The van der Waals surface area contributed by atoms with Crippen molar-refractivity contribution in [3.05, 3.63) is 34.3 Å². The van der Waals surface area contributed by atoms with Crippen molar-refractivity contribution in [3.63, 3.8) is 0 Å². The summed E-state index contributed by atoms with van der Waals surface area (Å²) >= 11 is 3.44. The molecule has 0 saturated carbocycles. The Morgan fingerprint density at radius 3 is 2.89 bits per heavy atom. The Morgan fingerprint density at radius 1 is 1.44 bits per heavy atom. The second kappa shape index (κ2) is 6.48. The zero-order valence-electron chi connectivity index (χ0n) is 10.9. The highest BCUT2D eigenvalue weighted by atomic mass is 79.9. The van der Waals surface area contributed by atoms with Crippen LogP contribution in [0.4, 0.5) is 0 Å². The molecule has 0 bridgehead atoms. The molecule has 0 amide bonds. The van der Waals surface area contributed by atoms with Crippen molar-refractivity contribution in [1.82, 2.24) is 4.90 Å². The fraction of sp³-hybridized carbons (Fsp3) is 0.533. The minimum absolute atomic E-state index is 0.238. The molecule has 0 N–H and O–H groups in total. The molecule has 18 heavy (non-hydrogen) atoms. The number of ketones is 1. The van der Waals surface area contributed by atoms with Crippen LogP contribution < -0.4 is 0 Å². The predicted molar refractivity (Wildman–Crippen MR) is 77.9 cm³/mol. The van der Waals surface area contributed by atoms with E-state index in [0.717, 1.165) is 29.0 Å². The van der Waals surface area contributed by atoms with Gasteiger partial charge in [-0.15, -0.1) is 0 Å². The van der Waals surface area contributed by atoms with Gasteiger partial charge in [-0.25, -0.2) is 0 Å². The van der Waals surface area contributed by atoms with E-state index in [1.165, 1.54) is 19.4 Å². The fourth-order valence-electron chi connectivity index (χ4n) is 2.53. The number of carbonyl (C=O) groups is 1. The molecule has 1 unspecified atom stereocenters. The number of carbonyl (C=O) groups excluding carboxylic acids is 1. The van der Waals surface area contributed by atoms with Crippen LogP contribution in [-0.2, 0) is 0 Å². The monoisotopic (exact) mass is 309 g/mol. The minimum Gasteiger partial charge on any atom is -0.303 e. The van der Waals surface area contributed by atoms with Gasteiger partial charge in [0.25, 0.3) is 0 Å². The quantitative estimate of drug-likeness (QED) is 0.772. The van der Waals surface area contributed by atoms with Gasteiger partial charge >= 0.3 is 0 Å². The molecule has 1 aliphatic rings. The predicted octanol–water partition coefficient (Wildman–Crippen LogP) is 3.75. The van der Waals surface area contributed by atoms with Crippen LogP contribution in [0.2, 0.25) is 0 Å². The van der Waals surface area contributed by atoms with Gasteiger partial charge in [-0.05, 0) is 24.9 Å². The maximum absolute atomic E-state index is 12.1. The van der Waals surface area contributed by atoms with E-state index in [0.29, 0.717) is 6.42 Å². The third-order valence-electron chi connectivity index (χ3n) is 3.78. The molecule has 1 aliphatic heterocycles. The average Bonchev–Trinajstić information content (AvgIpc) is 2.84. The van der Waals surface area contributed by atoms with Gasteiger partial charge < -0.3 is 4.90 Å². The van der Waals surface area contributed by atoms with Gasteiger partial charge in [-0.3, -0.25) is 4.79 Å². The second-order valence-electron chi connectivity index (χ2n) is 5.02. The van der Waals surface area contributed by atoms with Crippen LogP contribution in [0.1, 0.15) is 36.5 Å². The van der Waals surface area contributed by atoms with Gasteiger partial charge in [0, 0.05) is 29.5 Å². The van der Waals surface area contributed by atoms with Crippen LogP contribution in [0.25, 0.3) is 0 Å². The zero-order chi connectivity index (χ0) is 13.0. The Kier molecular flexibility index (Phi) is 4.95. The van der Waals surface area contributed by atoms with Crippen LogP contribution in [0, 0.1) is 5.92 Å². The van der Waals surface area contributed by atoms with Crippen molar-refractivity contribution >= 4 is 21.7 Å². The standard InChI is InChI=1S/C15H20BrNO/c1-2-12-7-9-17(11-12)10-8-15(18)13-5-3-4-6-14(13)16/h3-6,12H,2,7-11H2,1H3. The van der Waals surface area contributed by atoms with Gasteiger partial charge in [0.15, 0.2) is 5.78 Å². The Balaban J connectivity index is 1.84. The summed E-state index contributed by atoms with van der Waals surface area (Å²) < 4.78 is 0.905. The number of benzene rings is 1. The largest absolute Gasteiger partial charge is 0.303 e. The van der Waals surface area contributed by atoms with E-state index in [-0.39, 0.29) is 5.78 Å². The second-order valence-corrected chi connectivity index (χ2v) is 5.87. The number of rotatable bonds is 5. The molecule has 1 heterocycles. The molecule has 0 radical (unpaired) electrons. The normalized spacial score (nSPS) is 20.2. The summed E-state index contributed by atoms with van der Waals surface area (Å²) in [6, 6.07) is 7.68. The summed E-state index contributed by atoms with van der Waals surface area (Å²) in [5.41, 5.74) is 0.809. The lowest BCUT2D eigenvalue weighted by atomic mass is 10.1. The Morgan fingerprint density at radius 2 is 2.22 bits per heavy atom. The van der Waals surface area contributed by atoms with E-state index < -0.39 is 0 Å². The van der Waals surface area contributed by atoms with Crippen molar-refractivity contribution in [3.8, 4) is 0 Å². The van der Waals surface area contributed by atoms with Crippen molar-refractivity contribution < 1.29 is 4.79 Å². The number of hydrogen-bond donors (Lipinski definition) is 0. The molecule has 3 heteroatoms. The fourth-order valence-corrected chi connectivity index (χ4v) is 3.04. The molecule has 0 spiro atoms. The van der Waals surface area contributed by atoms with E-state index in [2.05, 4.69) is 27.8 Å². The summed E-state index contributed by atoms with van der Waals surface area (Å²) in [4.78, 5) is 14.5. The molecule has 1 atom stereocenters. The van der Waals surface area contributed by atoms with Crippen LogP contribution in [0.5, 0.6) is 0 Å². The smallest absolute Gasteiger partial charge is 0.165 e. The zero-order valence-corrected chi connectivity index (χ0v) is 12.4. The van der Waals surface area contributed by atoms with Crippen molar-refractivity contribution in [2.24, 2.45) is 5.92 Å². The molecule has 2 nitrogen and oxygen atoms in total. The highest BCUT2D eigenvalue weighted by Gasteiger charge is 2.21. The first-order valence-electron chi connectivity index (χ1n) is 6.70. The van der Waals surface area contributed by atoms with Gasteiger partial charge in [-0.1, -0.05) is 47.5 Å². The number of Topliss-reactive ketones (excluding diaryl/α,β-unsaturated/α-hetero) is 1. The summed E-state index contributed by atoms with van der Waals surface area (Å²) in [6.07, 6.45) is 3.17. The molecule has 2 rings (SSSR count). The van der Waals surface area contributed by atoms with Gasteiger partial charge in [0.05, 0.1) is 0 Å². The topological polar surface area (TPSA) is 20.3 Å².